The Morgan fingerprint density at radius 3 is 2.85 bits per heavy atom. The maximum absolute atomic E-state index is 11.7. The van der Waals surface area contributed by atoms with Crippen molar-refractivity contribution in [2.24, 2.45) is 17.3 Å². The average molecular weight is 381 g/mol. The van der Waals surface area contributed by atoms with Crippen LogP contribution in [0, 0.1) is 17.3 Å². The summed E-state index contributed by atoms with van der Waals surface area (Å²) in [5.41, 5.74) is 2.07. The van der Waals surface area contributed by atoms with Crippen molar-refractivity contribution in [2.45, 2.75) is 57.0 Å². The Balaban J connectivity index is 1.45. The average Bonchev–Trinajstić information content (AvgIpc) is 3.26. The first-order chi connectivity index (χ1) is 13.0. The fourth-order valence-electron chi connectivity index (χ4n) is 6.50. The highest BCUT2D eigenvalue weighted by Crippen LogP contribution is 2.64. The summed E-state index contributed by atoms with van der Waals surface area (Å²) in [6.45, 7) is 2.34. The molecule has 0 aliphatic heterocycles. The van der Waals surface area contributed by atoms with Crippen LogP contribution in [0.1, 0.15) is 60.9 Å². The van der Waals surface area contributed by atoms with Crippen molar-refractivity contribution in [3.05, 3.63) is 57.8 Å². The van der Waals surface area contributed by atoms with E-state index in [1.807, 2.05) is 12.1 Å². The first kappa shape index (κ1) is 17.5. The Bertz CT molecular complexity index is 871. The number of thiophene rings is 1. The molecule has 0 bridgehead atoms. The van der Waals surface area contributed by atoms with Crippen LogP contribution in [0.2, 0.25) is 0 Å². The van der Waals surface area contributed by atoms with E-state index in [1.165, 1.54) is 22.4 Å². The van der Waals surface area contributed by atoms with E-state index in [4.69, 9.17) is 0 Å². The summed E-state index contributed by atoms with van der Waals surface area (Å²) < 4.78 is 0. The third-order valence-electron chi connectivity index (χ3n) is 7.99. The normalized spacial score (nSPS) is 37.8. The van der Waals surface area contributed by atoms with Gasteiger partial charge in [0.2, 0.25) is 0 Å². The van der Waals surface area contributed by atoms with Crippen LogP contribution in [0.15, 0.2) is 41.8 Å². The highest BCUT2D eigenvalue weighted by Gasteiger charge is 2.60. The molecule has 0 saturated heterocycles. The molecule has 2 aromatic rings. The van der Waals surface area contributed by atoms with E-state index >= 15 is 0 Å². The second-order valence-electron chi connectivity index (χ2n) is 9.07. The van der Waals surface area contributed by atoms with Gasteiger partial charge in [-0.25, -0.2) is 0 Å². The first-order valence-electron chi connectivity index (χ1n) is 10.3. The molecule has 0 spiro atoms. The standard InChI is InChI=1S/C24H28O2S/c1-23-11-9-20-19-7-5-17(25)15-16(19)4-6-21(20)22(23)10-13-24(23,26)12-8-18-3-2-14-27-18/h2-3,5,7-8,12,14-15,20-22,25-26H,4,6,9-11,13H2,1H3/b12-8+/t20?,21?,22?,23?,24-/m0/s1. The Kier molecular flexibility index (Phi) is 4.03. The summed E-state index contributed by atoms with van der Waals surface area (Å²) in [6.07, 6.45) is 10.7. The number of aryl methyl sites for hydroxylation is 1. The molecule has 0 radical (unpaired) electrons. The topological polar surface area (TPSA) is 40.5 Å². The van der Waals surface area contributed by atoms with Gasteiger partial charge in [-0.05, 0) is 97.1 Å². The largest absolute Gasteiger partial charge is 0.508 e. The molecule has 3 aliphatic carbocycles. The summed E-state index contributed by atoms with van der Waals surface area (Å²) in [5, 5.41) is 23.6. The van der Waals surface area contributed by atoms with Gasteiger partial charge in [0.25, 0.3) is 0 Å². The fraction of sp³-hybridized carbons (Fsp3) is 0.500. The summed E-state index contributed by atoms with van der Waals surface area (Å²) >= 11 is 1.73. The number of aliphatic hydroxyl groups is 1. The van der Waals surface area contributed by atoms with E-state index in [0.717, 1.165) is 32.1 Å². The Labute approximate surface area is 165 Å². The van der Waals surface area contributed by atoms with Crippen molar-refractivity contribution in [2.75, 3.05) is 0 Å². The zero-order chi connectivity index (χ0) is 18.6. The molecule has 1 aromatic heterocycles. The number of phenols is 1. The van der Waals surface area contributed by atoms with Crippen LogP contribution in [0.3, 0.4) is 0 Å². The van der Waals surface area contributed by atoms with Gasteiger partial charge in [0.05, 0.1) is 5.60 Å². The molecule has 5 rings (SSSR count). The van der Waals surface area contributed by atoms with Crippen LogP contribution in [0.25, 0.3) is 6.08 Å². The second-order valence-corrected chi connectivity index (χ2v) is 10.0. The molecule has 1 aromatic carbocycles. The van der Waals surface area contributed by atoms with Crippen molar-refractivity contribution in [3.8, 4) is 5.75 Å². The van der Waals surface area contributed by atoms with Gasteiger partial charge in [-0.15, -0.1) is 11.3 Å². The molecule has 2 nitrogen and oxygen atoms in total. The molecule has 2 fully saturated rings. The first-order valence-corrected chi connectivity index (χ1v) is 11.2. The lowest BCUT2D eigenvalue weighted by Gasteiger charge is -2.52. The lowest BCUT2D eigenvalue weighted by Crippen LogP contribution is -2.49. The second kappa shape index (κ2) is 6.22. The van der Waals surface area contributed by atoms with Gasteiger partial charge in [-0.2, -0.15) is 0 Å². The molecule has 3 heteroatoms. The van der Waals surface area contributed by atoms with Gasteiger partial charge < -0.3 is 10.2 Å². The number of fused-ring (bicyclic) bond motifs is 5. The van der Waals surface area contributed by atoms with E-state index in [2.05, 4.69) is 42.7 Å². The van der Waals surface area contributed by atoms with Crippen LogP contribution in [-0.4, -0.2) is 15.8 Å². The van der Waals surface area contributed by atoms with E-state index < -0.39 is 5.60 Å². The SMILES string of the molecule is CC12CCC3c4ccc(O)cc4CCC3C1CC[C@@]2(O)/C=C/c1cccs1. The van der Waals surface area contributed by atoms with Gasteiger partial charge in [0.1, 0.15) is 5.75 Å². The van der Waals surface area contributed by atoms with E-state index in [1.54, 1.807) is 11.3 Å². The third-order valence-corrected chi connectivity index (χ3v) is 8.83. The van der Waals surface area contributed by atoms with Crippen LogP contribution in [0.4, 0.5) is 0 Å². The van der Waals surface area contributed by atoms with Gasteiger partial charge >= 0.3 is 0 Å². The summed E-state index contributed by atoms with van der Waals surface area (Å²) in [4.78, 5) is 1.22. The zero-order valence-corrected chi connectivity index (χ0v) is 16.7. The van der Waals surface area contributed by atoms with Crippen molar-refractivity contribution in [3.63, 3.8) is 0 Å². The maximum Gasteiger partial charge on any atom is 0.115 e. The molecule has 0 amide bonds. The molecule has 5 atom stereocenters. The number of phenolic OH excluding ortho intramolecular Hbond substituents is 1. The maximum atomic E-state index is 11.7. The molecule has 27 heavy (non-hydrogen) atoms. The smallest absolute Gasteiger partial charge is 0.115 e. The Hall–Kier alpha value is -1.58. The Morgan fingerprint density at radius 1 is 1.15 bits per heavy atom. The van der Waals surface area contributed by atoms with Gasteiger partial charge in [0, 0.05) is 10.3 Å². The molecule has 1 heterocycles. The number of aromatic hydroxyl groups is 1. The van der Waals surface area contributed by atoms with Gasteiger partial charge in [-0.3, -0.25) is 0 Å². The lowest BCUT2D eigenvalue weighted by atomic mass is 9.53. The molecular formula is C24H28O2S. The summed E-state index contributed by atoms with van der Waals surface area (Å²) in [7, 11) is 0. The van der Waals surface area contributed by atoms with Gasteiger partial charge in [0.15, 0.2) is 0 Å². The van der Waals surface area contributed by atoms with Gasteiger partial charge in [-0.1, -0.05) is 25.1 Å². The van der Waals surface area contributed by atoms with Crippen molar-refractivity contribution in [1.82, 2.24) is 0 Å². The zero-order valence-electron chi connectivity index (χ0n) is 15.9. The number of hydrogen-bond donors (Lipinski definition) is 2. The van der Waals surface area contributed by atoms with Crippen LogP contribution in [-0.2, 0) is 6.42 Å². The molecule has 4 unspecified atom stereocenters. The Morgan fingerprint density at radius 2 is 2.04 bits per heavy atom. The minimum atomic E-state index is -0.693. The van der Waals surface area contributed by atoms with E-state index in [9.17, 15) is 10.2 Å². The lowest BCUT2D eigenvalue weighted by molar-refractivity contribution is -0.0704. The van der Waals surface area contributed by atoms with E-state index in [-0.39, 0.29) is 5.41 Å². The summed E-state index contributed by atoms with van der Waals surface area (Å²) in [6, 6.07) is 10.2. The summed E-state index contributed by atoms with van der Waals surface area (Å²) in [5.74, 6) is 2.22. The fourth-order valence-corrected chi connectivity index (χ4v) is 7.12. The third kappa shape index (κ3) is 2.62. The minimum Gasteiger partial charge on any atom is -0.508 e. The van der Waals surface area contributed by atoms with Crippen LogP contribution in [0.5, 0.6) is 5.75 Å². The predicted molar refractivity (Wildman–Crippen MR) is 111 cm³/mol. The molecule has 142 valence electrons. The quantitative estimate of drug-likeness (QED) is 0.696. The highest BCUT2D eigenvalue weighted by atomic mass is 32.1. The molecule has 2 N–H and O–H groups in total. The molecule has 2 saturated carbocycles. The molecule has 3 aliphatic rings. The van der Waals surface area contributed by atoms with E-state index in [0.29, 0.717) is 23.5 Å². The number of benzene rings is 1. The minimum absolute atomic E-state index is 0.0314. The van der Waals surface area contributed by atoms with Crippen LogP contribution >= 0.6 is 11.3 Å². The number of hydrogen-bond acceptors (Lipinski definition) is 3. The van der Waals surface area contributed by atoms with Crippen molar-refractivity contribution < 1.29 is 10.2 Å². The van der Waals surface area contributed by atoms with Crippen molar-refractivity contribution in [1.29, 1.82) is 0 Å². The van der Waals surface area contributed by atoms with Crippen LogP contribution < -0.4 is 0 Å². The highest BCUT2D eigenvalue weighted by molar-refractivity contribution is 7.10. The number of rotatable bonds is 2. The van der Waals surface area contributed by atoms with Crippen molar-refractivity contribution >= 4 is 17.4 Å². The molecular weight excluding hydrogens is 352 g/mol. The monoisotopic (exact) mass is 380 g/mol. The predicted octanol–water partition coefficient (Wildman–Crippen LogP) is 5.75.